The van der Waals surface area contributed by atoms with Crippen molar-refractivity contribution >= 4 is 12.3 Å². The smallest absolute Gasteiger partial charge is 0.333 e. The molecule has 0 aliphatic carbocycles. The van der Waals surface area contributed by atoms with Gasteiger partial charge in [-0.25, -0.2) is 4.79 Å². The Hall–Kier alpha value is -1.38. The van der Waals surface area contributed by atoms with Gasteiger partial charge in [0, 0.05) is 11.1 Å². The van der Waals surface area contributed by atoms with Crippen molar-refractivity contribution in [1.29, 1.82) is 0 Å². The van der Waals surface area contributed by atoms with E-state index in [-0.39, 0.29) is 5.57 Å². The summed E-state index contributed by atoms with van der Waals surface area (Å²) in [5.41, 5.74) is 0.623. The third-order valence-corrected chi connectivity index (χ3v) is 1.06. The maximum Gasteiger partial charge on any atom is 0.333 e. The molecule has 0 saturated heterocycles. The van der Waals surface area contributed by atoms with Crippen LogP contribution in [0.25, 0.3) is 0 Å². The second kappa shape index (κ2) is 4.44. The van der Waals surface area contributed by atoms with Gasteiger partial charge >= 0.3 is 5.97 Å². The van der Waals surface area contributed by atoms with Crippen molar-refractivity contribution in [2.24, 2.45) is 0 Å². The van der Waals surface area contributed by atoms with Crippen molar-refractivity contribution in [3.63, 3.8) is 0 Å². The molecule has 3 nitrogen and oxygen atoms in total. The van der Waals surface area contributed by atoms with Crippen LogP contribution in [-0.4, -0.2) is 19.4 Å². The molecular formula is C8H10O3. The van der Waals surface area contributed by atoms with E-state index in [9.17, 15) is 9.59 Å². The van der Waals surface area contributed by atoms with Gasteiger partial charge < -0.3 is 4.74 Å². The Morgan fingerprint density at radius 2 is 2.09 bits per heavy atom. The van der Waals surface area contributed by atoms with Crippen LogP contribution in [0.4, 0.5) is 0 Å². The SMILES string of the molecule is C=C(C=O)/C=C(\C)C(=O)OC. The van der Waals surface area contributed by atoms with Crippen LogP contribution in [-0.2, 0) is 14.3 Å². The summed E-state index contributed by atoms with van der Waals surface area (Å²) in [5, 5.41) is 0. The first-order valence-electron chi connectivity index (χ1n) is 3.02. The number of aldehydes is 1. The van der Waals surface area contributed by atoms with Gasteiger partial charge in [-0.2, -0.15) is 0 Å². The fourth-order valence-electron chi connectivity index (χ4n) is 0.532. The number of methoxy groups -OCH3 is 1. The van der Waals surface area contributed by atoms with E-state index >= 15 is 0 Å². The molecule has 0 aromatic carbocycles. The second-order valence-electron chi connectivity index (χ2n) is 2.01. The van der Waals surface area contributed by atoms with Crippen LogP contribution < -0.4 is 0 Å². The molecule has 0 fully saturated rings. The van der Waals surface area contributed by atoms with Crippen LogP contribution in [0, 0.1) is 0 Å². The van der Waals surface area contributed by atoms with E-state index in [1.54, 1.807) is 6.92 Å². The van der Waals surface area contributed by atoms with Gasteiger partial charge in [-0.15, -0.1) is 0 Å². The molecule has 0 spiro atoms. The Labute approximate surface area is 65.4 Å². The van der Waals surface area contributed by atoms with Gasteiger partial charge in [0.1, 0.15) is 6.29 Å². The molecule has 0 rings (SSSR count). The minimum Gasteiger partial charge on any atom is -0.466 e. The minimum absolute atomic E-state index is 0.257. The van der Waals surface area contributed by atoms with E-state index in [2.05, 4.69) is 11.3 Å². The Balaban J connectivity index is 4.33. The van der Waals surface area contributed by atoms with Crippen molar-refractivity contribution in [2.75, 3.05) is 7.11 Å². The first-order chi connectivity index (χ1) is 5.11. The second-order valence-corrected chi connectivity index (χ2v) is 2.01. The van der Waals surface area contributed by atoms with Crippen molar-refractivity contribution in [2.45, 2.75) is 6.92 Å². The summed E-state index contributed by atoms with van der Waals surface area (Å²) in [7, 11) is 1.28. The molecule has 0 unspecified atom stereocenters. The predicted molar refractivity (Wildman–Crippen MR) is 41.0 cm³/mol. The van der Waals surface area contributed by atoms with E-state index in [1.165, 1.54) is 13.2 Å². The Morgan fingerprint density at radius 3 is 2.45 bits per heavy atom. The number of carbonyl (C=O) groups is 2. The van der Waals surface area contributed by atoms with Crippen LogP contribution >= 0.6 is 0 Å². The van der Waals surface area contributed by atoms with Crippen molar-refractivity contribution in [3.05, 3.63) is 23.8 Å². The predicted octanol–water partition coefficient (Wildman–Crippen LogP) is 0.861. The number of ether oxygens (including phenoxy) is 1. The zero-order chi connectivity index (χ0) is 8.85. The van der Waals surface area contributed by atoms with Gasteiger partial charge in [-0.05, 0) is 13.0 Å². The van der Waals surface area contributed by atoms with Gasteiger partial charge in [0.05, 0.1) is 7.11 Å². The highest BCUT2D eigenvalue weighted by atomic mass is 16.5. The molecule has 0 atom stereocenters. The Kier molecular flexibility index (Phi) is 3.88. The lowest BCUT2D eigenvalue weighted by Crippen LogP contribution is -2.01. The quantitative estimate of drug-likeness (QED) is 0.262. The van der Waals surface area contributed by atoms with E-state index in [0.717, 1.165) is 0 Å². The van der Waals surface area contributed by atoms with Crippen molar-refractivity contribution in [1.82, 2.24) is 0 Å². The lowest BCUT2D eigenvalue weighted by atomic mass is 10.2. The van der Waals surface area contributed by atoms with Crippen LogP contribution in [0.15, 0.2) is 23.8 Å². The molecule has 0 saturated carbocycles. The molecule has 0 aromatic heterocycles. The monoisotopic (exact) mass is 154 g/mol. The topological polar surface area (TPSA) is 43.4 Å². The highest BCUT2D eigenvalue weighted by Gasteiger charge is 2.01. The Bertz CT molecular complexity index is 213. The molecule has 0 aromatic rings. The number of esters is 1. The number of hydrogen-bond donors (Lipinski definition) is 0. The van der Waals surface area contributed by atoms with Crippen molar-refractivity contribution in [3.8, 4) is 0 Å². The third-order valence-electron chi connectivity index (χ3n) is 1.06. The average Bonchev–Trinajstić information content (AvgIpc) is 2.02. The van der Waals surface area contributed by atoms with Crippen LogP contribution in [0.2, 0.25) is 0 Å². The molecule has 0 N–H and O–H groups in total. The molecule has 0 amide bonds. The summed E-state index contributed by atoms with van der Waals surface area (Å²) in [6.07, 6.45) is 1.95. The van der Waals surface area contributed by atoms with Gasteiger partial charge in [0.2, 0.25) is 0 Å². The molecule has 0 aliphatic heterocycles. The normalized spacial score (nSPS) is 10.5. The lowest BCUT2D eigenvalue weighted by Gasteiger charge is -1.96. The molecule has 0 aliphatic rings. The molecule has 0 bridgehead atoms. The molecule has 60 valence electrons. The van der Waals surface area contributed by atoms with E-state index in [4.69, 9.17) is 0 Å². The fraction of sp³-hybridized carbons (Fsp3) is 0.250. The summed E-state index contributed by atoms with van der Waals surface area (Å²) >= 11 is 0. The average molecular weight is 154 g/mol. The zero-order valence-corrected chi connectivity index (χ0v) is 6.59. The summed E-state index contributed by atoms with van der Waals surface area (Å²) in [5.74, 6) is -0.451. The number of allylic oxidation sites excluding steroid dienone is 2. The molecule has 0 radical (unpaired) electrons. The number of hydrogen-bond acceptors (Lipinski definition) is 3. The van der Waals surface area contributed by atoms with Crippen LogP contribution in [0.3, 0.4) is 0 Å². The maximum atomic E-state index is 10.7. The summed E-state index contributed by atoms with van der Waals surface area (Å²) < 4.78 is 4.39. The van der Waals surface area contributed by atoms with E-state index < -0.39 is 5.97 Å². The Morgan fingerprint density at radius 1 is 1.55 bits per heavy atom. The van der Waals surface area contributed by atoms with Crippen LogP contribution in [0.1, 0.15) is 6.92 Å². The van der Waals surface area contributed by atoms with Crippen molar-refractivity contribution < 1.29 is 14.3 Å². The van der Waals surface area contributed by atoms with Gasteiger partial charge in [-0.3, -0.25) is 4.79 Å². The third kappa shape index (κ3) is 3.35. The molecule has 11 heavy (non-hydrogen) atoms. The minimum atomic E-state index is -0.451. The number of rotatable bonds is 3. The highest BCUT2D eigenvalue weighted by Crippen LogP contribution is 1.99. The first-order valence-corrected chi connectivity index (χ1v) is 3.02. The first kappa shape index (κ1) is 9.62. The summed E-state index contributed by atoms with van der Waals surface area (Å²) in [6.45, 7) is 4.93. The summed E-state index contributed by atoms with van der Waals surface area (Å²) in [4.78, 5) is 20.8. The maximum absolute atomic E-state index is 10.7. The van der Waals surface area contributed by atoms with E-state index in [0.29, 0.717) is 11.9 Å². The molecule has 0 heterocycles. The molecule has 3 heteroatoms. The molecular weight excluding hydrogens is 144 g/mol. The largest absolute Gasteiger partial charge is 0.466 e. The van der Waals surface area contributed by atoms with Gasteiger partial charge in [0.15, 0.2) is 0 Å². The standard InChI is InChI=1S/C8H10O3/c1-6(5-9)4-7(2)8(10)11-3/h4-5H,1H2,2-3H3/b7-4+. The number of carbonyl (C=O) groups excluding carboxylic acids is 2. The van der Waals surface area contributed by atoms with Crippen LogP contribution in [0.5, 0.6) is 0 Å². The fourth-order valence-corrected chi connectivity index (χ4v) is 0.532. The zero-order valence-electron chi connectivity index (χ0n) is 6.59. The van der Waals surface area contributed by atoms with E-state index in [1.807, 2.05) is 0 Å². The summed E-state index contributed by atoms with van der Waals surface area (Å²) in [6, 6.07) is 0. The van der Waals surface area contributed by atoms with Gasteiger partial charge in [-0.1, -0.05) is 6.58 Å². The lowest BCUT2D eigenvalue weighted by molar-refractivity contribution is -0.136. The van der Waals surface area contributed by atoms with Gasteiger partial charge in [0.25, 0.3) is 0 Å². The highest BCUT2D eigenvalue weighted by molar-refractivity contribution is 5.90.